The molecule has 5 rings (SSSR count). The monoisotopic (exact) mass is 543 g/mol. The van der Waals surface area contributed by atoms with Gasteiger partial charge in [-0.15, -0.1) is 5.10 Å². The van der Waals surface area contributed by atoms with Crippen LogP contribution in [0.15, 0.2) is 53.6 Å². The van der Waals surface area contributed by atoms with E-state index in [0.29, 0.717) is 18.8 Å². The molecular weight excluding hydrogens is 506 g/mol. The summed E-state index contributed by atoms with van der Waals surface area (Å²) in [5, 5.41) is 24.3. The summed E-state index contributed by atoms with van der Waals surface area (Å²) in [6.45, 7) is 4.55. The number of carboxylic acid groups (broad SMARTS) is 1. The van der Waals surface area contributed by atoms with Crippen LogP contribution in [0.25, 0.3) is 22.5 Å². The summed E-state index contributed by atoms with van der Waals surface area (Å²) in [6.07, 6.45) is 10.9. The number of rotatable bonds is 9. The molecule has 3 heterocycles. The Labute approximate surface area is 233 Å². The molecule has 1 aliphatic carbocycles. The number of H-pyrrole nitrogens is 1. The number of carbonyl (C=O) groups is 1. The molecule has 3 atom stereocenters. The van der Waals surface area contributed by atoms with Gasteiger partial charge in [0.15, 0.2) is 5.82 Å². The molecule has 10 nitrogen and oxygen atoms in total. The summed E-state index contributed by atoms with van der Waals surface area (Å²) < 4.78 is 3.53. The lowest BCUT2D eigenvalue weighted by molar-refractivity contribution is -0.144. The van der Waals surface area contributed by atoms with Gasteiger partial charge in [-0.25, -0.2) is 9.89 Å². The summed E-state index contributed by atoms with van der Waals surface area (Å²) in [7, 11) is 0. The zero-order valence-electron chi connectivity index (χ0n) is 23.2. The quantitative estimate of drug-likeness (QED) is 0.299. The fourth-order valence-electron chi connectivity index (χ4n) is 6.00. The number of carboxylic acids is 1. The van der Waals surface area contributed by atoms with E-state index in [4.69, 9.17) is 0 Å². The molecule has 0 spiro atoms. The summed E-state index contributed by atoms with van der Waals surface area (Å²) in [5.74, 6) is -0.697. The molecule has 2 N–H and O–H groups in total. The van der Waals surface area contributed by atoms with E-state index in [0.717, 1.165) is 73.0 Å². The van der Waals surface area contributed by atoms with Crippen molar-refractivity contribution in [2.45, 2.75) is 77.8 Å². The average Bonchev–Trinajstić information content (AvgIpc) is 3.59. The van der Waals surface area contributed by atoms with Crippen molar-refractivity contribution in [3.05, 3.63) is 70.7 Å². The molecule has 0 aliphatic heterocycles. The molecule has 0 amide bonds. The highest BCUT2D eigenvalue weighted by Crippen LogP contribution is 2.36. The van der Waals surface area contributed by atoms with Crippen molar-refractivity contribution >= 4 is 5.97 Å². The van der Waals surface area contributed by atoms with Crippen molar-refractivity contribution in [2.24, 2.45) is 11.8 Å². The smallest absolute Gasteiger partial charge is 0.328 e. The van der Waals surface area contributed by atoms with E-state index in [1.54, 1.807) is 15.3 Å². The van der Waals surface area contributed by atoms with Gasteiger partial charge in [0, 0.05) is 23.7 Å². The number of pyridine rings is 1. The molecule has 1 aromatic carbocycles. The lowest BCUT2D eigenvalue weighted by Crippen LogP contribution is -2.38. The molecule has 0 saturated heterocycles. The second-order valence-electron chi connectivity index (χ2n) is 10.9. The van der Waals surface area contributed by atoms with Crippen LogP contribution in [0.2, 0.25) is 0 Å². The first kappa shape index (κ1) is 27.5. The van der Waals surface area contributed by atoms with E-state index in [-0.39, 0.29) is 17.6 Å². The van der Waals surface area contributed by atoms with Gasteiger partial charge in [-0.2, -0.15) is 0 Å². The van der Waals surface area contributed by atoms with Crippen LogP contribution in [0, 0.1) is 11.8 Å². The third kappa shape index (κ3) is 5.90. The predicted octanol–water partition coefficient (Wildman–Crippen LogP) is 5.12. The van der Waals surface area contributed by atoms with E-state index in [9.17, 15) is 14.7 Å². The van der Waals surface area contributed by atoms with Gasteiger partial charge in [0.1, 0.15) is 0 Å². The Kier molecular flexibility index (Phi) is 8.52. The third-order valence-corrected chi connectivity index (χ3v) is 8.13. The van der Waals surface area contributed by atoms with Gasteiger partial charge < -0.3 is 5.11 Å². The van der Waals surface area contributed by atoms with E-state index >= 15 is 0 Å². The maximum atomic E-state index is 14.0. The molecule has 3 aromatic heterocycles. The van der Waals surface area contributed by atoms with Gasteiger partial charge in [0.05, 0.1) is 24.2 Å². The van der Waals surface area contributed by atoms with Crippen LogP contribution in [0.1, 0.15) is 76.2 Å². The van der Waals surface area contributed by atoms with Crippen molar-refractivity contribution in [1.29, 1.82) is 0 Å². The van der Waals surface area contributed by atoms with E-state index in [2.05, 4.69) is 39.5 Å². The minimum absolute atomic E-state index is 0.0993. The summed E-state index contributed by atoms with van der Waals surface area (Å²) in [5.41, 5.74) is 4.38. The molecule has 3 unspecified atom stereocenters. The zero-order valence-corrected chi connectivity index (χ0v) is 23.2. The van der Waals surface area contributed by atoms with Crippen molar-refractivity contribution in [2.75, 3.05) is 0 Å². The van der Waals surface area contributed by atoms with Crippen LogP contribution >= 0.6 is 0 Å². The first-order valence-corrected chi connectivity index (χ1v) is 14.3. The lowest BCUT2D eigenvalue weighted by Gasteiger charge is -2.32. The first-order valence-electron chi connectivity index (χ1n) is 14.3. The normalized spacial score (nSPS) is 19.7. The number of hydrogen-bond donors (Lipinski definition) is 2. The molecule has 210 valence electrons. The number of aromatic amines is 1. The number of imidazole rings is 1. The molecule has 1 aliphatic rings. The number of hydrogen-bond acceptors (Lipinski definition) is 6. The van der Waals surface area contributed by atoms with E-state index < -0.39 is 11.9 Å². The second kappa shape index (κ2) is 12.4. The Morgan fingerprint density at radius 1 is 1.10 bits per heavy atom. The van der Waals surface area contributed by atoms with E-state index in [1.807, 2.05) is 42.6 Å². The highest BCUT2D eigenvalue weighted by Gasteiger charge is 2.36. The number of aromatic nitrogens is 7. The van der Waals surface area contributed by atoms with Gasteiger partial charge in [0.25, 0.3) is 0 Å². The number of aliphatic carboxylic acids is 1. The molecule has 40 heavy (non-hydrogen) atoms. The van der Waals surface area contributed by atoms with Gasteiger partial charge in [-0.05, 0) is 71.4 Å². The average molecular weight is 544 g/mol. The maximum absolute atomic E-state index is 14.0. The highest BCUT2D eigenvalue weighted by molar-refractivity contribution is 5.71. The Hall–Kier alpha value is -4.08. The zero-order chi connectivity index (χ0) is 28.1. The summed E-state index contributed by atoms with van der Waals surface area (Å²) >= 11 is 0. The number of nitrogens with one attached hydrogen (secondary N) is 1. The predicted molar refractivity (Wildman–Crippen MR) is 152 cm³/mol. The van der Waals surface area contributed by atoms with Crippen LogP contribution in [0.3, 0.4) is 0 Å². The molecule has 1 saturated carbocycles. The fourth-order valence-corrected chi connectivity index (χ4v) is 6.00. The van der Waals surface area contributed by atoms with Gasteiger partial charge in [-0.3, -0.25) is 18.9 Å². The number of nitrogens with zero attached hydrogens (tertiary/aromatic N) is 6. The number of tetrazole rings is 1. The largest absolute Gasteiger partial charge is 0.481 e. The minimum atomic E-state index is -0.814. The molecule has 0 radical (unpaired) electrons. The number of unbranched alkanes of at least 4 members (excludes halogenated alkanes) is 1. The van der Waals surface area contributed by atoms with E-state index in [1.165, 1.54) is 0 Å². The third-order valence-electron chi connectivity index (χ3n) is 8.13. The van der Waals surface area contributed by atoms with Gasteiger partial charge in [0.2, 0.25) is 0 Å². The molecular formula is C30H37N7O3. The Balaban J connectivity index is 1.50. The molecule has 10 heteroatoms. The highest BCUT2D eigenvalue weighted by atomic mass is 16.4. The molecule has 1 fully saturated rings. The number of benzene rings is 1. The SMILES string of the molecule is CCCCc1cn(C2C(C)CCCCCC2C(=O)O)c(=O)n1Cc1cc(-c2cccc(-c3nnn[nH]3)c2)ccn1. The van der Waals surface area contributed by atoms with Gasteiger partial charge in [-0.1, -0.05) is 57.7 Å². The van der Waals surface area contributed by atoms with Gasteiger partial charge >= 0.3 is 11.7 Å². The topological polar surface area (TPSA) is 132 Å². The van der Waals surface area contributed by atoms with Crippen LogP contribution < -0.4 is 5.69 Å². The molecule has 0 bridgehead atoms. The Bertz CT molecular complexity index is 1490. The first-order chi connectivity index (χ1) is 19.5. The van der Waals surface area contributed by atoms with Crippen molar-refractivity contribution in [1.82, 2.24) is 34.7 Å². The maximum Gasteiger partial charge on any atom is 0.328 e. The van der Waals surface area contributed by atoms with Crippen LogP contribution in [-0.2, 0) is 17.8 Å². The lowest BCUT2D eigenvalue weighted by atomic mass is 9.80. The standard InChI is InChI=1S/C30H37N7O3/c1-3-4-12-25-19-37(27-20(2)9-6-5-7-13-26(27)29(38)39)30(40)36(25)18-24-17-22(14-15-31-24)21-10-8-11-23(16-21)28-32-34-35-33-28/h8,10-11,14-17,19-20,26-27H,3-7,9,12-13,18H2,1-2H3,(H,38,39)(H,32,33,34,35). The van der Waals surface area contributed by atoms with Crippen molar-refractivity contribution in [3.8, 4) is 22.5 Å². The molecule has 4 aromatic rings. The fraction of sp³-hybridized carbons (Fsp3) is 0.467. The van der Waals surface area contributed by atoms with Crippen LogP contribution in [-0.4, -0.2) is 45.8 Å². The van der Waals surface area contributed by atoms with Crippen molar-refractivity contribution in [3.63, 3.8) is 0 Å². The number of aryl methyl sites for hydroxylation is 1. The van der Waals surface area contributed by atoms with Crippen LogP contribution in [0.4, 0.5) is 0 Å². The summed E-state index contributed by atoms with van der Waals surface area (Å²) in [4.78, 5) is 30.9. The summed E-state index contributed by atoms with van der Waals surface area (Å²) in [6, 6.07) is 11.5. The van der Waals surface area contributed by atoms with Crippen LogP contribution in [0.5, 0.6) is 0 Å². The Morgan fingerprint density at radius 3 is 2.67 bits per heavy atom. The minimum Gasteiger partial charge on any atom is -0.481 e. The second-order valence-corrected chi connectivity index (χ2v) is 10.9. The Morgan fingerprint density at radius 2 is 1.90 bits per heavy atom. The van der Waals surface area contributed by atoms with Crippen molar-refractivity contribution < 1.29 is 9.90 Å².